The third-order valence-corrected chi connectivity index (χ3v) is 6.55. The fourth-order valence-corrected chi connectivity index (χ4v) is 5.10. The van der Waals surface area contributed by atoms with Gasteiger partial charge in [0.05, 0.1) is 25.3 Å². The Morgan fingerprint density at radius 1 is 1.14 bits per heavy atom. The molecule has 0 unspecified atom stereocenters. The van der Waals surface area contributed by atoms with Gasteiger partial charge in [-0.3, -0.25) is 14.5 Å². The van der Waals surface area contributed by atoms with Crippen molar-refractivity contribution in [3.05, 3.63) is 51.4 Å². The van der Waals surface area contributed by atoms with Gasteiger partial charge in [0.15, 0.2) is 5.78 Å². The number of nitrogens with zero attached hydrogens (tertiary/aromatic N) is 1. The number of thiophene rings is 1. The van der Waals surface area contributed by atoms with Crippen molar-refractivity contribution in [3.8, 4) is 0 Å². The van der Waals surface area contributed by atoms with Gasteiger partial charge in [-0.25, -0.2) is 0 Å². The van der Waals surface area contributed by atoms with Crippen molar-refractivity contribution in [2.24, 2.45) is 0 Å². The molecule has 0 atom stereocenters. The number of fused-ring (bicyclic) bond motifs is 1. The normalized spacial score (nSPS) is 17.2. The van der Waals surface area contributed by atoms with Crippen LogP contribution >= 0.6 is 11.3 Å². The van der Waals surface area contributed by atoms with E-state index in [4.69, 9.17) is 4.74 Å². The molecule has 0 saturated carbocycles. The minimum atomic E-state index is -0.0422. The van der Waals surface area contributed by atoms with Crippen LogP contribution in [-0.2, 0) is 22.6 Å². The fraction of sp³-hybridized carbons (Fsp3) is 0.455. The van der Waals surface area contributed by atoms with Crippen LogP contribution in [0.5, 0.6) is 0 Å². The number of amides is 1. The summed E-state index contributed by atoms with van der Waals surface area (Å²) >= 11 is 1.48. The van der Waals surface area contributed by atoms with Crippen LogP contribution in [0.3, 0.4) is 0 Å². The topological polar surface area (TPSA) is 58.6 Å². The van der Waals surface area contributed by atoms with Crippen LogP contribution < -0.4 is 5.32 Å². The highest BCUT2D eigenvalue weighted by atomic mass is 32.1. The Hall–Kier alpha value is -2.02. The van der Waals surface area contributed by atoms with Crippen molar-refractivity contribution in [2.45, 2.75) is 39.2 Å². The number of hydrogen-bond acceptors (Lipinski definition) is 5. The van der Waals surface area contributed by atoms with Crippen molar-refractivity contribution >= 4 is 28.0 Å². The maximum absolute atomic E-state index is 13.3. The molecule has 2 aromatic rings. The summed E-state index contributed by atoms with van der Waals surface area (Å²) in [6, 6.07) is 7.62. The third-order valence-electron chi connectivity index (χ3n) is 5.43. The fourth-order valence-electron chi connectivity index (χ4n) is 3.90. The monoisotopic (exact) mass is 398 g/mol. The smallest absolute Gasteiger partial charge is 0.239 e. The summed E-state index contributed by atoms with van der Waals surface area (Å²) in [4.78, 5) is 29.2. The summed E-state index contributed by atoms with van der Waals surface area (Å²) < 4.78 is 5.57. The first-order valence-electron chi connectivity index (χ1n) is 9.97. The van der Waals surface area contributed by atoms with Crippen LogP contribution in [0.4, 0.5) is 5.00 Å². The zero-order valence-electron chi connectivity index (χ0n) is 16.3. The number of piperidine rings is 1. The van der Waals surface area contributed by atoms with Crippen LogP contribution in [-0.4, -0.2) is 42.8 Å². The number of ketones is 1. The minimum Gasteiger partial charge on any atom is -0.376 e. The first-order valence-corrected chi connectivity index (χ1v) is 10.8. The number of aryl methyl sites for hydroxylation is 1. The van der Waals surface area contributed by atoms with Crippen molar-refractivity contribution in [1.29, 1.82) is 0 Å². The van der Waals surface area contributed by atoms with Crippen LogP contribution in [0, 0.1) is 6.92 Å². The van der Waals surface area contributed by atoms with E-state index in [0.717, 1.165) is 41.9 Å². The Labute approximate surface area is 169 Å². The highest BCUT2D eigenvalue weighted by molar-refractivity contribution is 7.17. The van der Waals surface area contributed by atoms with Gasteiger partial charge >= 0.3 is 0 Å². The maximum atomic E-state index is 13.3. The molecular weight excluding hydrogens is 372 g/mol. The van der Waals surface area contributed by atoms with Gasteiger partial charge in [0.25, 0.3) is 0 Å². The van der Waals surface area contributed by atoms with Crippen molar-refractivity contribution in [1.82, 2.24) is 4.90 Å². The summed E-state index contributed by atoms with van der Waals surface area (Å²) in [7, 11) is 0. The lowest BCUT2D eigenvalue weighted by molar-refractivity contribution is -0.117. The molecule has 0 aliphatic carbocycles. The Bertz CT molecular complexity index is 867. The summed E-state index contributed by atoms with van der Waals surface area (Å²) in [6.45, 7) is 5.45. The first-order chi connectivity index (χ1) is 13.6. The average Bonchev–Trinajstić information content (AvgIpc) is 3.06. The van der Waals surface area contributed by atoms with Gasteiger partial charge in [-0.1, -0.05) is 36.2 Å². The number of ether oxygens (including phenoxy) is 1. The van der Waals surface area contributed by atoms with E-state index >= 15 is 0 Å². The molecule has 2 aliphatic rings. The number of likely N-dealkylation sites (tertiary alicyclic amines) is 1. The zero-order valence-corrected chi connectivity index (χ0v) is 17.1. The number of hydrogen-bond donors (Lipinski definition) is 1. The van der Waals surface area contributed by atoms with E-state index < -0.39 is 0 Å². The lowest BCUT2D eigenvalue weighted by Crippen LogP contribution is -2.36. The molecule has 28 heavy (non-hydrogen) atoms. The van der Waals surface area contributed by atoms with Crippen LogP contribution in [0.2, 0.25) is 0 Å². The van der Waals surface area contributed by atoms with Crippen LogP contribution in [0.15, 0.2) is 24.3 Å². The van der Waals surface area contributed by atoms with E-state index in [1.807, 2.05) is 31.2 Å². The second-order valence-electron chi connectivity index (χ2n) is 7.59. The summed E-state index contributed by atoms with van der Waals surface area (Å²) in [6.07, 6.45) is 4.25. The molecule has 1 N–H and O–H groups in total. The molecule has 1 aromatic carbocycles. The largest absolute Gasteiger partial charge is 0.376 e. The number of benzene rings is 1. The van der Waals surface area contributed by atoms with E-state index in [1.165, 1.54) is 17.8 Å². The molecule has 2 aliphatic heterocycles. The third kappa shape index (κ3) is 4.19. The maximum Gasteiger partial charge on any atom is 0.239 e. The molecule has 0 spiro atoms. The Balaban J connectivity index is 1.59. The second kappa shape index (κ2) is 8.55. The molecule has 0 radical (unpaired) electrons. The predicted molar refractivity (Wildman–Crippen MR) is 111 cm³/mol. The van der Waals surface area contributed by atoms with Gasteiger partial charge in [0.1, 0.15) is 5.00 Å². The average molecular weight is 399 g/mol. The highest BCUT2D eigenvalue weighted by Gasteiger charge is 2.27. The van der Waals surface area contributed by atoms with Gasteiger partial charge in [-0.15, -0.1) is 11.3 Å². The summed E-state index contributed by atoms with van der Waals surface area (Å²) in [5.74, 6) is -0.0629. The Morgan fingerprint density at radius 3 is 2.64 bits per heavy atom. The molecule has 1 amide bonds. The number of carbonyl (C=O) groups is 2. The SMILES string of the molecule is Cc1ccc(C(=O)c2c(NC(=O)CN3CCCCC3)sc3c2CCOC3)cc1. The number of rotatable bonds is 5. The molecule has 148 valence electrons. The molecule has 1 fully saturated rings. The van der Waals surface area contributed by atoms with Gasteiger partial charge in [0, 0.05) is 10.4 Å². The van der Waals surface area contributed by atoms with Gasteiger partial charge in [-0.05, 0) is 44.8 Å². The standard InChI is InChI=1S/C22H26N2O3S/c1-15-5-7-16(8-6-15)21(26)20-17-9-12-27-14-18(17)28-22(20)23-19(25)13-24-10-3-2-4-11-24/h5-8H,2-4,9-14H2,1H3,(H,23,25). The van der Waals surface area contributed by atoms with E-state index in [0.29, 0.717) is 42.3 Å². The number of carbonyl (C=O) groups excluding carboxylic acids is 2. The van der Waals surface area contributed by atoms with Gasteiger partial charge in [0.2, 0.25) is 5.91 Å². The lowest BCUT2D eigenvalue weighted by Gasteiger charge is -2.25. The van der Waals surface area contributed by atoms with E-state index in [9.17, 15) is 9.59 Å². The molecular formula is C22H26N2O3S. The van der Waals surface area contributed by atoms with Crippen LogP contribution in [0.25, 0.3) is 0 Å². The lowest BCUT2D eigenvalue weighted by atomic mass is 9.97. The van der Waals surface area contributed by atoms with E-state index in [1.54, 1.807) is 0 Å². The van der Waals surface area contributed by atoms with Gasteiger partial charge in [-0.2, -0.15) is 0 Å². The summed E-state index contributed by atoms with van der Waals surface area (Å²) in [5.41, 5.74) is 3.46. The minimum absolute atomic E-state index is 0.0207. The molecule has 6 heteroatoms. The van der Waals surface area contributed by atoms with Crippen LogP contribution in [0.1, 0.15) is 51.2 Å². The van der Waals surface area contributed by atoms with E-state index in [-0.39, 0.29) is 11.7 Å². The Kier molecular flexibility index (Phi) is 5.90. The van der Waals surface area contributed by atoms with Crippen molar-refractivity contribution in [3.63, 3.8) is 0 Å². The predicted octanol–water partition coefficient (Wildman–Crippen LogP) is 3.78. The molecule has 4 rings (SSSR count). The first kappa shape index (κ1) is 19.3. The highest BCUT2D eigenvalue weighted by Crippen LogP contribution is 2.38. The number of anilines is 1. The molecule has 0 bridgehead atoms. The second-order valence-corrected chi connectivity index (χ2v) is 8.70. The van der Waals surface area contributed by atoms with E-state index in [2.05, 4.69) is 10.2 Å². The Morgan fingerprint density at radius 2 is 1.89 bits per heavy atom. The van der Waals surface area contributed by atoms with Crippen molar-refractivity contribution < 1.29 is 14.3 Å². The molecule has 1 aromatic heterocycles. The quantitative estimate of drug-likeness (QED) is 0.779. The zero-order chi connectivity index (χ0) is 19.5. The molecule has 3 heterocycles. The molecule has 5 nitrogen and oxygen atoms in total. The number of nitrogens with one attached hydrogen (secondary N) is 1. The molecule has 1 saturated heterocycles. The van der Waals surface area contributed by atoms with Gasteiger partial charge < -0.3 is 10.1 Å². The van der Waals surface area contributed by atoms with Crippen molar-refractivity contribution in [2.75, 3.05) is 31.6 Å². The summed E-state index contributed by atoms with van der Waals surface area (Å²) in [5, 5.41) is 3.71.